The number of hydrogen-bond donors (Lipinski definition) is 2. The predicted octanol–water partition coefficient (Wildman–Crippen LogP) is 3.50. The van der Waals surface area contributed by atoms with E-state index in [1.54, 1.807) is 12.4 Å². The summed E-state index contributed by atoms with van der Waals surface area (Å²) >= 11 is 6.12. The molecule has 148 valence electrons. The number of pyridine rings is 1. The van der Waals surface area contributed by atoms with E-state index in [-0.39, 0.29) is 18.0 Å². The molecule has 1 aromatic heterocycles. The van der Waals surface area contributed by atoms with Crippen molar-refractivity contribution in [1.29, 1.82) is 0 Å². The first-order chi connectivity index (χ1) is 13.4. The molecule has 2 aliphatic heterocycles. The molecule has 0 bridgehead atoms. The second kappa shape index (κ2) is 7.26. The number of aliphatic imine (C=N–C) groups is 1. The minimum absolute atomic E-state index is 0.0660. The van der Waals surface area contributed by atoms with E-state index in [2.05, 4.69) is 4.98 Å². The molecule has 0 fully saturated rings. The monoisotopic (exact) mass is 401 g/mol. The maximum atomic E-state index is 10.3. The van der Waals surface area contributed by atoms with Gasteiger partial charge in [0.1, 0.15) is 24.0 Å². The van der Waals surface area contributed by atoms with Gasteiger partial charge in [-0.2, -0.15) is 0 Å². The van der Waals surface area contributed by atoms with Gasteiger partial charge in [-0.15, -0.1) is 0 Å². The SMILES string of the molecule is CCC(O)CC1C(C)Oc2ccc(-c3cncc(Cl)c3)cc2C12COC(N)=N2. The molecule has 0 saturated carbocycles. The highest BCUT2D eigenvalue weighted by atomic mass is 35.5. The van der Waals surface area contributed by atoms with Crippen molar-refractivity contribution in [3.63, 3.8) is 0 Å². The van der Waals surface area contributed by atoms with Crippen LogP contribution < -0.4 is 10.5 Å². The highest BCUT2D eigenvalue weighted by molar-refractivity contribution is 6.30. The molecule has 0 amide bonds. The Morgan fingerprint density at radius 2 is 2.14 bits per heavy atom. The van der Waals surface area contributed by atoms with E-state index in [0.717, 1.165) is 22.4 Å². The molecule has 2 aliphatic rings. The van der Waals surface area contributed by atoms with Crippen LogP contribution in [-0.4, -0.2) is 34.9 Å². The smallest absolute Gasteiger partial charge is 0.283 e. The zero-order valence-corrected chi connectivity index (χ0v) is 16.7. The van der Waals surface area contributed by atoms with Crippen molar-refractivity contribution in [3.05, 3.63) is 47.2 Å². The molecule has 0 saturated heterocycles. The van der Waals surface area contributed by atoms with E-state index in [4.69, 9.17) is 31.8 Å². The topological polar surface area (TPSA) is 90.0 Å². The highest BCUT2D eigenvalue weighted by Crippen LogP contribution is 2.50. The number of fused-ring (bicyclic) bond motifs is 2. The van der Waals surface area contributed by atoms with Crippen molar-refractivity contribution in [2.45, 2.75) is 44.4 Å². The van der Waals surface area contributed by atoms with Gasteiger partial charge >= 0.3 is 0 Å². The number of nitrogens with zero attached hydrogens (tertiary/aromatic N) is 2. The number of amidine groups is 1. The molecule has 0 radical (unpaired) electrons. The van der Waals surface area contributed by atoms with Crippen LogP contribution in [0.5, 0.6) is 5.75 Å². The fraction of sp³-hybridized carbons (Fsp3) is 0.429. The lowest BCUT2D eigenvalue weighted by Crippen LogP contribution is -2.48. The summed E-state index contributed by atoms with van der Waals surface area (Å²) in [5, 5.41) is 10.9. The quantitative estimate of drug-likeness (QED) is 0.818. The first-order valence-electron chi connectivity index (χ1n) is 9.51. The zero-order valence-electron chi connectivity index (χ0n) is 15.9. The summed E-state index contributed by atoms with van der Waals surface area (Å²) in [6.07, 6.45) is 4.03. The molecule has 7 heteroatoms. The number of aromatic nitrogens is 1. The Morgan fingerprint density at radius 3 is 2.82 bits per heavy atom. The van der Waals surface area contributed by atoms with Gasteiger partial charge in [0.15, 0.2) is 0 Å². The van der Waals surface area contributed by atoms with Crippen LogP contribution in [0.1, 0.15) is 32.3 Å². The third kappa shape index (κ3) is 3.20. The van der Waals surface area contributed by atoms with E-state index in [0.29, 0.717) is 24.5 Å². The van der Waals surface area contributed by atoms with Gasteiger partial charge in [-0.05, 0) is 43.5 Å². The lowest BCUT2D eigenvalue weighted by atomic mass is 9.71. The largest absolute Gasteiger partial charge is 0.490 e. The van der Waals surface area contributed by atoms with Gasteiger partial charge in [0.2, 0.25) is 0 Å². The van der Waals surface area contributed by atoms with Gasteiger partial charge in [-0.25, -0.2) is 4.99 Å². The van der Waals surface area contributed by atoms with Crippen LogP contribution >= 0.6 is 11.6 Å². The van der Waals surface area contributed by atoms with Crippen LogP contribution in [0, 0.1) is 5.92 Å². The average molecular weight is 402 g/mol. The molecular weight excluding hydrogens is 378 g/mol. The minimum Gasteiger partial charge on any atom is -0.490 e. The summed E-state index contributed by atoms with van der Waals surface area (Å²) in [4.78, 5) is 8.91. The first kappa shape index (κ1) is 19.0. The second-order valence-corrected chi connectivity index (χ2v) is 7.93. The van der Waals surface area contributed by atoms with E-state index in [9.17, 15) is 5.11 Å². The predicted molar refractivity (Wildman–Crippen MR) is 108 cm³/mol. The Kier molecular flexibility index (Phi) is 4.93. The van der Waals surface area contributed by atoms with E-state index in [1.807, 2.05) is 38.1 Å². The van der Waals surface area contributed by atoms with E-state index in [1.165, 1.54) is 0 Å². The van der Waals surface area contributed by atoms with Crippen molar-refractivity contribution >= 4 is 17.6 Å². The Bertz CT molecular complexity index is 920. The standard InChI is InChI=1S/C21H24ClN3O3/c1-3-16(26)8-17-12(2)28-19-5-4-13(14-6-15(22)10-24-9-14)7-18(19)21(17)11-27-20(23)25-21/h4-7,9-10,12,16-17,26H,3,8,11H2,1-2H3,(H2,23,25). The van der Waals surface area contributed by atoms with Crippen molar-refractivity contribution < 1.29 is 14.6 Å². The molecular formula is C21H24ClN3O3. The van der Waals surface area contributed by atoms with Crippen molar-refractivity contribution in [2.75, 3.05) is 6.61 Å². The lowest BCUT2D eigenvalue weighted by molar-refractivity contribution is 0.0109. The molecule has 28 heavy (non-hydrogen) atoms. The molecule has 6 nitrogen and oxygen atoms in total. The molecule has 0 aliphatic carbocycles. The molecule has 3 N–H and O–H groups in total. The van der Waals surface area contributed by atoms with Gasteiger partial charge in [-0.1, -0.05) is 24.6 Å². The van der Waals surface area contributed by atoms with Crippen LogP contribution in [0.4, 0.5) is 0 Å². The Morgan fingerprint density at radius 1 is 1.32 bits per heavy atom. The fourth-order valence-corrected chi connectivity index (χ4v) is 4.38. The third-order valence-electron chi connectivity index (χ3n) is 5.72. The normalized spacial score (nSPS) is 26.9. The number of benzene rings is 1. The Balaban J connectivity index is 1.84. The lowest BCUT2D eigenvalue weighted by Gasteiger charge is -2.43. The van der Waals surface area contributed by atoms with Crippen LogP contribution in [-0.2, 0) is 10.3 Å². The van der Waals surface area contributed by atoms with Gasteiger partial charge in [0.25, 0.3) is 6.02 Å². The number of aliphatic hydroxyl groups excluding tert-OH is 1. The van der Waals surface area contributed by atoms with Crippen LogP contribution in [0.2, 0.25) is 5.02 Å². The fourth-order valence-electron chi connectivity index (χ4n) is 4.21. The summed E-state index contributed by atoms with van der Waals surface area (Å²) < 4.78 is 11.8. The van der Waals surface area contributed by atoms with Crippen molar-refractivity contribution in [2.24, 2.45) is 16.6 Å². The Hall–Kier alpha value is -2.31. The molecule has 1 spiro atoms. The van der Waals surface area contributed by atoms with Crippen LogP contribution in [0.15, 0.2) is 41.7 Å². The molecule has 4 rings (SSSR count). The van der Waals surface area contributed by atoms with Crippen molar-refractivity contribution in [3.8, 4) is 16.9 Å². The highest BCUT2D eigenvalue weighted by Gasteiger charge is 2.53. The maximum absolute atomic E-state index is 10.3. The number of nitrogens with two attached hydrogens (primary N) is 1. The third-order valence-corrected chi connectivity index (χ3v) is 5.93. The second-order valence-electron chi connectivity index (χ2n) is 7.49. The Labute approximate surface area is 169 Å². The number of hydrogen-bond acceptors (Lipinski definition) is 6. The van der Waals surface area contributed by atoms with E-state index < -0.39 is 11.6 Å². The minimum atomic E-state index is -0.685. The van der Waals surface area contributed by atoms with Crippen LogP contribution in [0.3, 0.4) is 0 Å². The van der Waals surface area contributed by atoms with Crippen LogP contribution in [0.25, 0.3) is 11.1 Å². The summed E-state index contributed by atoms with van der Waals surface area (Å²) in [6.45, 7) is 4.31. The number of aliphatic hydroxyl groups is 1. The van der Waals surface area contributed by atoms with Gasteiger partial charge in [0, 0.05) is 29.4 Å². The molecule has 3 heterocycles. The summed E-state index contributed by atoms with van der Waals surface area (Å²) in [5.74, 6) is 0.694. The number of ether oxygens (including phenoxy) is 2. The van der Waals surface area contributed by atoms with Gasteiger partial charge < -0.3 is 20.3 Å². The van der Waals surface area contributed by atoms with Gasteiger partial charge in [-0.3, -0.25) is 4.98 Å². The average Bonchev–Trinajstić information content (AvgIpc) is 3.07. The molecule has 4 atom stereocenters. The molecule has 1 aromatic carbocycles. The molecule has 2 aromatic rings. The summed E-state index contributed by atoms with van der Waals surface area (Å²) in [5.41, 5.74) is 8.03. The zero-order chi connectivity index (χ0) is 19.9. The summed E-state index contributed by atoms with van der Waals surface area (Å²) in [6, 6.07) is 8.02. The maximum Gasteiger partial charge on any atom is 0.283 e. The number of halogens is 1. The van der Waals surface area contributed by atoms with E-state index >= 15 is 0 Å². The van der Waals surface area contributed by atoms with Gasteiger partial charge in [0.05, 0.1) is 11.1 Å². The number of rotatable bonds is 4. The van der Waals surface area contributed by atoms with Crippen molar-refractivity contribution in [1.82, 2.24) is 4.98 Å². The molecule has 4 unspecified atom stereocenters. The summed E-state index contributed by atoms with van der Waals surface area (Å²) in [7, 11) is 0. The first-order valence-corrected chi connectivity index (χ1v) is 9.89.